The van der Waals surface area contributed by atoms with Gasteiger partial charge in [0.15, 0.2) is 0 Å². The van der Waals surface area contributed by atoms with Crippen LogP contribution in [-0.2, 0) is 6.54 Å². The van der Waals surface area contributed by atoms with Crippen molar-refractivity contribution in [2.24, 2.45) is 0 Å². The summed E-state index contributed by atoms with van der Waals surface area (Å²) >= 11 is 6.30. The normalized spacial score (nSPS) is 12.4. The Kier molecular flexibility index (Phi) is 4.68. The van der Waals surface area contributed by atoms with Crippen LogP contribution in [0.1, 0.15) is 24.2 Å². The lowest BCUT2D eigenvalue weighted by Gasteiger charge is -2.20. The average Bonchev–Trinajstić information content (AvgIpc) is 2.82. The first-order valence-electron chi connectivity index (χ1n) is 6.74. The SMILES string of the molecule is CCn1ncc(Cl)c1C(NC)c1ccc(N(C)C)cc1. The van der Waals surface area contributed by atoms with E-state index in [0.717, 1.165) is 12.2 Å². The average molecular weight is 293 g/mol. The third kappa shape index (κ3) is 2.81. The molecular weight excluding hydrogens is 272 g/mol. The molecule has 1 aromatic carbocycles. The number of nitrogens with zero attached hydrogens (tertiary/aromatic N) is 3. The van der Waals surface area contributed by atoms with E-state index in [1.54, 1.807) is 6.20 Å². The molecule has 108 valence electrons. The number of rotatable bonds is 5. The van der Waals surface area contributed by atoms with Gasteiger partial charge in [0.05, 0.1) is 23.0 Å². The monoisotopic (exact) mass is 292 g/mol. The molecule has 0 saturated carbocycles. The van der Waals surface area contributed by atoms with Crippen LogP contribution in [0, 0.1) is 0 Å². The second kappa shape index (κ2) is 6.29. The molecule has 0 bridgehead atoms. The summed E-state index contributed by atoms with van der Waals surface area (Å²) in [5.74, 6) is 0. The zero-order valence-electron chi connectivity index (χ0n) is 12.4. The van der Waals surface area contributed by atoms with Gasteiger partial charge in [-0.05, 0) is 31.7 Å². The van der Waals surface area contributed by atoms with Gasteiger partial charge in [0.25, 0.3) is 0 Å². The highest BCUT2D eigenvalue weighted by molar-refractivity contribution is 6.31. The topological polar surface area (TPSA) is 33.1 Å². The standard InChI is InChI=1S/C15H21ClN4/c1-5-20-15(13(16)10-18-20)14(17-2)11-6-8-12(9-7-11)19(3)4/h6-10,14,17H,5H2,1-4H3. The van der Waals surface area contributed by atoms with Crippen molar-refractivity contribution < 1.29 is 0 Å². The van der Waals surface area contributed by atoms with Crippen molar-refractivity contribution in [1.29, 1.82) is 0 Å². The van der Waals surface area contributed by atoms with E-state index < -0.39 is 0 Å². The van der Waals surface area contributed by atoms with Gasteiger partial charge >= 0.3 is 0 Å². The van der Waals surface area contributed by atoms with E-state index in [1.165, 1.54) is 11.3 Å². The van der Waals surface area contributed by atoms with Gasteiger partial charge in [-0.15, -0.1) is 0 Å². The first kappa shape index (κ1) is 14.9. The highest BCUT2D eigenvalue weighted by Gasteiger charge is 2.20. The maximum atomic E-state index is 6.30. The van der Waals surface area contributed by atoms with Crippen molar-refractivity contribution in [2.45, 2.75) is 19.5 Å². The van der Waals surface area contributed by atoms with Gasteiger partial charge in [-0.25, -0.2) is 0 Å². The van der Waals surface area contributed by atoms with Crippen molar-refractivity contribution in [3.05, 3.63) is 46.7 Å². The minimum Gasteiger partial charge on any atom is -0.378 e. The molecule has 0 fully saturated rings. The molecular formula is C15H21ClN4. The number of benzene rings is 1. The van der Waals surface area contributed by atoms with Crippen LogP contribution in [0.25, 0.3) is 0 Å². The minimum atomic E-state index is 0.0427. The quantitative estimate of drug-likeness (QED) is 0.920. The van der Waals surface area contributed by atoms with Crippen molar-refractivity contribution in [1.82, 2.24) is 15.1 Å². The Bertz CT molecular complexity index is 560. The fraction of sp³-hybridized carbons (Fsp3) is 0.400. The lowest BCUT2D eigenvalue weighted by Crippen LogP contribution is -2.22. The van der Waals surface area contributed by atoms with Crippen molar-refractivity contribution in [3.8, 4) is 0 Å². The Morgan fingerprint density at radius 1 is 1.30 bits per heavy atom. The van der Waals surface area contributed by atoms with Crippen LogP contribution in [0.5, 0.6) is 0 Å². The van der Waals surface area contributed by atoms with E-state index in [-0.39, 0.29) is 6.04 Å². The first-order valence-corrected chi connectivity index (χ1v) is 7.12. The van der Waals surface area contributed by atoms with Crippen LogP contribution in [0.4, 0.5) is 5.69 Å². The van der Waals surface area contributed by atoms with Gasteiger partial charge in [0.1, 0.15) is 0 Å². The number of halogens is 1. The maximum absolute atomic E-state index is 6.30. The molecule has 1 N–H and O–H groups in total. The highest BCUT2D eigenvalue weighted by Crippen LogP contribution is 2.29. The van der Waals surface area contributed by atoms with E-state index in [2.05, 4.69) is 46.5 Å². The predicted molar refractivity (Wildman–Crippen MR) is 84.6 cm³/mol. The number of aryl methyl sites for hydroxylation is 1. The number of nitrogens with one attached hydrogen (secondary N) is 1. The van der Waals surface area contributed by atoms with Gasteiger partial charge in [-0.2, -0.15) is 5.10 Å². The van der Waals surface area contributed by atoms with Gasteiger partial charge in [-0.3, -0.25) is 4.68 Å². The highest BCUT2D eigenvalue weighted by atomic mass is 35.5. The second-order valence-electron chi connectivity index (χ2n) is 4.90. The molecule has 0 spiro atoms. The number of aromatic nitrogens is 2. The molecule has 0 radical (unpaired) electrons. The zero-order valence-corrected chi connectivity index (χ0v) is 13.1. The molecule has 1 atom stereocenters. The number of anilines is 1. The molecule has 2 aromatic rings. The van der Waals surface area contributed by atoms with Crippen molar-refractivity contribution >= 4 is 17.3 Å². The number of hydrogen-bond donors (Lipinski definition) is 1. The van der Waals surface area contributed by atoms with Crippen LogP contribution in [0.15, 0.2) is 30.5 Å². The first-order chi connectivity index (χ1) is 9.58. The summed E-state index contributed by atoms with van der Waals surface area (Å²) in [5, 5.41) is 8.33. The van der Waals surface area contributed by atoms with E-state index in [9.17, 15) is 0 Å². The smallest absolute Gasteiger partial charge is 0.0837 e. The molecule has 1 heterocycles. The Balaban J connectivity index is 2.39. The minimum absolute atomic E-state index is 0.0427. The maximum Gasteiger partial charge on any atom is 0.0837 e. The summed E-state index contributed by atoms with van der Waals surface area (Å²) < 4.78 is 1.93. The molecule has 20 heavy (non-hydrogen) atoms. The summed E-state index contributed by atoms with van der Waals surface area (Å²) in [6.45, 7) is 2.87. The molecule has 2 rings (SSSR count). The van der Waals surface area contributed by atoms with Gasteiger partial charge in [0.2, 0.25) is 0 Å². The van der Waals surface area contributed by atoms with Gasteiger partial charge < -0.3 is 10.2 Å². The van der Waals surface area contributed by atoms with Gasteiger partial charge in [-0.1, -0.05) is 23.7 Å². The molecule has 0 aliphatic rings. The van der Waals surface area contributed by atoms with Crippen LogP contribution in [0.3, 0.4) is 0 Å². The Morgan fingerprint density at radius 2 is 1.95 bits per heavy atom. The Morgan fingerprint density at radius 3 is 2.45 bits per heavy atom. The molecule has 0 aliphatic carbocycles. The van der Waals surface area contributed by atoms with Crippen molar-refractivity contribution in [2.75, 3.05) is 26.0 Å². The lowest BCUT2D eigenvalue weighted by molar-refractivity contribution is 0.563. The molecule has 0 amide bonds. The summed E-state index contributed by atoms with van der Waals surface area (Å²) in [6.07, 6.45) is 1.71. The fourth-order valence-electron chi connectivity index (χ4n) is 2.34. The molecule has 4 nitrogen and oxygen atoms in total. The largest absolute Gasteiger partial charge is 0.378 e. The summed E-state index contributed by atoms with van der Waals surface area (Å²) in [6, 6.07) is 8.52. The summed E-state index contributed by atoms with van der Waals surface area (Å²) in [7, 11) is 6.01. The third-order valence-corrected chi connectivity index (χ3v) is 3.73. The van der Waals surface area contributed by atoms with E-state index in [0.29, 0.717) is 5.02 Å². The summed E-state index contributed by atoms with van der Waals surface area (Å²) in [5.41, 5.74) is 3.36. The van der Waals surface area contributed by atoms with Gasteiger partial charge in [0, 0.05) is 26.3 Å². The Hall–Kier alpha value is -1.52. The fourth-order valence-corrected chi connectivity index (χ4v) is 2.59. The van der Waals surface area contributed by atoms with E-state index >= 15 is 0 Å². The lowest BCUT2D eigenvalue weighted by atomic mass is 10.0. The summed E-state index contributed by atoms with van der Waals surface area (Å²) in [4.78, 5) is 2.08. The van der Waals surface area contributed by atoms with E-state index in [1.807, 2.05) is 25.8 Å². The zero-order chi connectivity index (χ0) is 14.7. The van der Waals surface area contributed by atoms with E-state index in [4.69, 9.17) is 11.6 Å². The molecule has 0 saturated heterocycles. The second-order valence-corrected chi connectivity index (χ2v) is 5.31. The molecule has 0 aliphatic heterocycles. The Labute approximate surface area is 125 Å². The molecule has 1 unspecified atom stereocenters. The molecule has 5 heteroatoms. The predicted octanol–water partition coefficient (Wildman–Crippen LogP) is 2.93. The van der Waals surface area contributed by atoms with Crippen LogP contribution in [0.2, 0.25) is 5.02 Å². The van der Waals surface area contributed by atoms with Crippen LogP contribution in [-0.4, -0.2) is 30.9 Å². The molecule has 1 aromatic heterocycles. The number of hydrogen-bond acceptors (Lipinski definition) is 3. The van der Waals surface area contributed by atoms with Crippen molar-refractivity contribution in [3.63, 3.8) is 0 Å². The van der Waals surface area contributed by atoms with Crippen LogP contribution < -0.4 is 10.2 Å². The van der Waals surface area contributed by atoms with Crippen LogP contribution >= 0.6 is 11.6 Å². The third-order valence-electron chi connectivity index (χ3n) is 3.44.